The predicted octanol–water partition coefficient (Wildman–Crippen LogP) is 1.69. The Morgan fingerprint density at radius 2 is 2.10 bits per heavy atom. The van der Waals surface area contributed by atoms with Crippen LogP contribution in [0.15, 0.2) is 30.6 Å². The number of carbonyl (C=O) groups excluding carboxylic acids is 1. The highest BCUT2D eigenvalue weighted by Crippen LogP contribution is 2.30. The molecule has 0 spiro atoms. The first-order valence-electron chi connectivity index (χ1n) is 6.04. The van der Waals surface area contributed by atoms with Gasteiger partial charge in [0.05, 0.1) is 10.3 Å². The smallest absolute Gasteiger partial charge is 0.278 e. The molecule has 1 unspecified atom stereocenters. The minimum atomic E-state index is -0.448. The molecule has 1 atom stereocenters. The number of likely N-dealkylation sites (N-methyl/N-ethyl adjacent to an activating group) is 1. The summed E-state index contributed by atoms with van der Waals surface area (Å²) in [5.41, 5.74) is 0.648. The maximum absolute atomic E-state index is 11.5. The molecule has 0 fully saturated rings. The second kappa shape index (κ2) is 5.52. The zero-order chi connectivity index (χ0) is 14.7. The fourth-order valence-corrected chi connectivity index (χ4v) is 1.98. The summed E-state index contributed by atoms with van der Waals surface area (Å²) in [5, 5.41) is 17.7. The average molecular weight is 274 g/mol. The monoisotopic (exact) mass is 274 g/mol. The summed E-state index contributed by atoms with van der Waals surface area (Å²) < 4.78 is 0. The molecule has 104 valence electrons. The summed E-state index contributed by atoms with van der Waals surface area (Å²) in [6, 6.07) is 4.24. The van der Waals surface area contributed by atoms with Gasteiger partial charge in [-0.05, 0) is 19.1 Å². The van der Waals surface area contributed by atoms with Crippen molar-refractivity contribution in [1.82, 2.24) is 10.3 Å². The highest BCUT2D eigenvalue weighted by molar-refractivity contribution is 6.00. The van der Waals surface area contributed by atoms with Gasteiger partial charge in [-0.2, -0.15) is 0 Å². The van der Waals surface area contributed by atoms with Crippen LogP contribution < -0.4 is 10.6 Å². The highest BCUT2D eigenvalue weighted by Gasteiger charge is 2.17. The molecule has 0 saturated carbocycles. The number of anilines is 1. The van der Waals surface area contributed by atoms with Gasteiger partial charge in [-0.25, -0.2) is 0 Å². The van der Waals surface area contributed by atoms with Crippen LogP contribution in [0.25, 0.3) is 10.8 Å². The van der Waals surface area contributed by atoms with Crippen LogP contribution in [0.2, 0.25) is 0 Å². The van der Waals surface area contributed by atoms with Gasteiger partial charge in [0, 0.05) is 36.6 Å². The van der Waals surface area contributed by atoms with Gasteiger partial charge in [0.1, 0.15) is 6.04 Å². The normalized spacial score (nSPS) is 11.9. The third kappa shape index (κ3) is 2.51. The number of non-ortho nitro benzene ring substituents is 1. The summed E-state index contributed by atoms with van der Waals surface area (Å²) in [5.74, 6) is -0.162. The van der Waals surface area contributed by atoms with Gasteiger partial charge in [-0.1, -0.05) is 0 Å². The van der Waals surface area contributed by atoms with Gasteiger partial charge in [0.15, 0.2) is 0 Å². The summed E-state index contributed by atoms with van der Waals surface area (Å²) in [4.78, 5) is 26.0. The van der Waals surface area contributed by atoms with E-state index in [1.807, 2.05) is 0 Å². The summed E-state index contributed by atoms with van der Waals surface area (Å²) in [6.07, 6.45) is 3.00. The molecule has 1 aromatic carbocycles. The number of hydrogen-bond acceptors (Lipinski definition) is 5. The van der Waals surface area contributed by atoms with E-state index in [9.17, 15) is 14.9 Å². The Labute approximate surface area is 115 Å². The van der Waals surface area contributed by atoms with Crippen LogP contribution in [0.4, 0.5) is 11.4 Å². The van der Waals surface area contributed by atoms with Crippen molar-refractivity contribution in [2.75, 3.05) is 12.4 Å². The van der Waals surface area contributed by atoms with Crippen LogP contribution in [0, 0.1) is 10.1 Å². The third-order valence-corrected chi connectivity index (χ3v) is 3.00. The number of amides is 1. The third-order valence-electron chi connectivity index (χ3n) is 3.00. The van der Waals surface area contributed by atoms with Gasteiger partial charge in [0.25, 0.3) is 5.69 Å². The Morgan fingerprint density at radius 3 is 2.75 bits per heavy atom. The quantitative estimate of drug-likeness (QED) is 0.653. The molecular formula is C13H14N4O3. The Hall–Kier alpha value is -2.70. The van der Waals surface area contributed by atoms with Crippen molar-refractivity contribution in [3.05, 3.63) is 40.7 Å². The van der Waals surface area contributed by atoms with E-state index >= 15 is 0 Å². The maximum atomic E-state index is 11.5. The van der Waals surface area contributed by atoms with E-state index in [0.29, 0.717) is 16.5 Å². The SMILES string of the molecule is CNC(=O)C(C)Nc1ccc([N+](=O)[O-])c2cnccc12. The molecular weight excluding hydrogens is 260 g/mol. The lowest BCUT2D eigenvalue weighted by Gasteiger charge is -2.15. The lowest BCUT2D eigenvalue weighted by atomic mass is 10.1. The summed E-state index contributed by atoms with van der Waals surface area (Å²) >= 11 is 0. The van der Waals surface area contributed by atoms with Crippen LogP contribution >= 0.6 is 0 Å². The Bertz CT molecular complexity index is 672. The predicted molar refractivity (Wildman–Crippen MR) is 75.5 cm³/mol. The fraction of sp³-hybridized carbons (Fsp3) is 0.231. The second-order valence-corrected chi connectivity index (χ2v) is 4.29. The van der Waals surface area contributed by atoms with E-state index in [-0.39, 0.29) is 11.6 Å². The van der Waals surface area contributed by atoms with E-state index in [1.165, 1.54) is 12.3 Å². The number of benzene rings is 1. The van der Waals surface area contributed by atoms with E-state index in [4.69, 9.17) is 0 Å². The summed E-state index contributed by atoms with van der Waals surface area (Å²) in [6.45, 7) is 1.72. The minimum Gasteiger partial charge on any atom is -0.373 e. The topological polar surface area (TPSA) is 97.2 Å². The molecule has 0 aliphatic carbocycles. The molecule has 7 nitrogen and oxygen atoms in total. The van der Waals surface area contributed by atoms with Crippen LogP contribution in [-0.4, -0.2) is 28.9 Å². The number of aromatic nitrogens is 1. The van der Waals surface area contributed by atoms with Crippen molar-refractivity contribution in [2.45, 2.75) is 13.0 Å². The standard InChI is InChI=1S/C13H14N4O3/c1-8(13(18)14-2)16-11-3-4-12(17(19)20)10-7-15-6-5-9(10)11/h3-8,16H,1-2H3,(H,14,18). The van der Waals surface area contributed by atoms with E-state index in [1.54, 1.807) is 32.3 Å². The second-order valence-electron chi connectivity index (χ2n) is 4.29. The van der Waals surface area contributed by atoms with Crippen molar-refractivity contribution in [3.63, 3.8) is 0 Å². The van der Waals surface area contributed by atoms with E-state index in [0.717, 1.165) is 0 Å². The number of nitrogens with zero attached hydrogens (tertiary/aromatic N) is 2. The molecule has 1 heterocycles. The molecule has 7 heteroatoms. The number of nitrogens with one attached hydrogen (secondary N) is 2. The zero-order valence-corrected chi connectivity index (χ0v) is 11.1. The molecule has 0 aliphatic heterocycles. The zero-order valence-electron chi connectivity index (χ0n) is 11.1. The first-order valence-corrected chi connectivity index (χ1v) is 6.04. The van der Waals surface area contributed by atoms with Crippen molar-refractivity contribution >= 4 is 28.1 Å². The number of carbonyl (C=O) groups is 1. The van der Waals surface area contributed by atoms with E-state index < -0.39 is 11.0 Å². The average Bonchev–Trinajstić information content (AvgIpc) is 2.46. The maximum Gasteiger partial charge on any atom is 0.278 e. The fourth-order valence-electron chi connectivity index (χ4n) is 1.98. The number of nitro groups is 1. The molecule has 1 amide bonds. The van der Waals surface area contributed by atoms with Gasteiger partial charge in [0.2, 0.25) is 5.91 Å². The number of fused-ring (bicyclic) bond motifs is 1. The minimum absolute atomic E-state index is 0.00811. The first kappa shape index (κ1) is 13.7. The lowest BCUT2D eigenvalue weighted by molar-refractivity contribution is -0.383. The summed E-state index contributed by atoms with van der Waals surface area (Å²) in [7, 11) is 1.55. The van der Waals surface area contributed by atoms with Crippen LogP contribution in [0.3, 0.4) is 0 Å². The highest BCUT2D eigenvalue weighted by atomic mass is 16.6. The van der Waals surface area contributed by atoms with Gasteiger partial charge >= 0.3 is 0 Å². The molecule has 0 aliphatic rings. The van der Waals surface area contributed by atoms with Crippen molar-refractivity contribution in [1.29, 1.82) is 0 Å². The van der Waals surface area contributed by atoms with Crippen molar-refractivity contribution in [3.8, 4) is 0 Å². The molecule has 2 N–H and O–H groups in total. The molecule has 2 rings (SSSR count). The lowest BCUT2D eigenvalue weighted by Crippen LogP contribution is -2.35. The molecule has 0 saturated heterocycles. The molecule has 1 aromatic heterocycles. The van der Waals surface area contributed by atoms with Gasteiger partial charge < -0.3 is 10.6 Å². The number of pyridine rings is 1. The van der Waals surface area contributed by atoms with Crippen molar-refractivity contribution in [2.24, 2.45) is 0 Å². The molecule has 0 radical (unpaired) electrons. The molecule has 2 aromatic rings. The van der Waals surface area contributed by atoms with Gasteiger partial charge in [-0.3, -0.25) is 19.9 Å². The van der Waals surface area contributed by atoms with Crippen LogP contribution in [0.1, 0.15) is 6.92 Å². The Kier molecular flexibility index (Phi) is 3.79. The number of rotatable bonds is 4. The molecule has 20 heavy (non-hydrogen) atoms. The first-order chi connectivity index (χ1) is 9.54. The van der Waals surface area contributed by atoms with Crippen LogP contribution in [0.5, 0.6) is 0 Å². The van der Waals surface area contributed by atoms with E-state index in [2.05, 4.69) is 15.6 Å². The largest absolute Gasteiger partial charge is 0.373 e. The number of nitro benzene ring substituents is 1. The molecule has 0 bridgehead atoms. The van der Waals surface area contributed by atoms with Gasteiger partial charge in [-0.15, -0.1) is 0 Å². The Morgan fingerprint density at radius 1 is 1.35 bits per heavy atom. The van der Waals surface area contributed by atoms with Crippen molar-refractivity contribution < 1.29 is 9.72 Å². The Balaban J connectivity index is 2.48. The van der Waals surface area contributed by atoms with Crippen LogP contribution in [-0.2, 0) is 4.79 Å². The number of hydrogen-bond donors (Lipinski definition) is 2.